The molecule has 0 saturated heterocycles. The monoisotopic (exact) mass is 207 g/mol. The van der Waals surface area contributed by atoms with E-state index in [0.29, 0.717) is 13.0 Å². The van der Waals surface area contributed by atoms with Gasteiger partial charge in [-0.15, -0.1) is 0 Å². The summed E-state index contributed by atoms with van der Waals surface area (Å²) >= 11 is 0.939. The Kier molecular flexibility index (Phi) is 5.17. The number of hydrogen-bond donors (Lipinski definition) is 2. The van der Waals surface area contributed by atoms with E-state index in [9.17, 15) is 5.11 Å². The minimum absolute atomic E-state index is 0.339. The standard InChI is InChI=1S/C8H18BO3S/c1-6(10)4-7(11)8(2,3)5-12-13-9/h6-7,9-11H,4-5H2,1-3H3/t6?,7-/m1/s1/i9T. The van der Waals surface area contributed by atoms with Crippen LogP contribution in [-0.2, 0) is 4.18 Å². The summed E-state index contributed by atoms with van der Waals surface area (Å²) in [6.07, 6.45) is -0.778. The second kappa shape index (κ2) is 5.91. The smallest absolute Gasteiger partial charge is 0.209 e. The molecule has 0 rings (SSSR count). The molecule has 0 aliphatic heterocycles. The van der Waals surface area contributed by atoms with Crippen LogP contribution in [0.3, 0.4) is 0 Å². The van der Waals surface area contributed by atoms with Crippen LogP contribution in [0.5, 0.6) is 0 Å². The van der Waals surface area contributed by atoms with Crippen LogP contribution >= 0.6 is 11.9 Å². The fraction of sp³-hybridized carbons (Fsp3) is 1.00. The minimum Gasteiger partial charge on any atom is -0.393 e. The first-order valence-electron chi connectivity index (χ1n) is 4.82. The maximum absolute atomic E-state index is 9.74. The number of aliphatic hydroxyl groups is 2. The normalized spacial score (nSPS) is 17.8. The van der Waals surface area contributed by atoms with Crippen molar-refractivity contribution in [3.63, 3.8) is 0 Å². The zero-order chi connectivity index (χ0) is 11.2. The predicted octanol–water partition coefficient (Wildman–Crippen LogP) is 0.625. The lowest BCUT2D eigenvalue weighted by molar-refractivity contribution is -0.00998. The Bertz CT molecular complexity index is 158. The van der Waals surface area contributed by atoms with Gasteiger partial charge in [0.25, 0.3) is 0 Å². The molecule has 13 heavy (non-hydrogen) atoms. The van der Waals surface area contributed by atoms with Gasteiger partial charge in [0.15, 0.2) is 0 Å². The maximum Gasteiger partial charge on any atom is 0.209 e. The first-order valence-corrected chi connectivity index (χ1v) is 5.05. The van der Waals surface area contributed by atoms with Gasteiger partial charge in [-0.2, -0.15) is 0 Å². The Morgan fingerprint density at radius 3 is 2.69 bits per heavy atom. The highest BCUT2D eigenvalue weighted by atomic mass is 32.2. The maximum atomic E-state index is 9.74. The summed E-state index contributed by atoms with van der Waals surface area (Å²) in [5, 5.41) is 18.9. The van der Waals surface area contributed by atoms with Gasteiger partial charge in [0.05, 0.1) is 18.8 Å². The third-order valence-corrected chi connectivity index (χ3v) is 2.22. The van der Waals surface area contributed by atoms with Crippen molar-refractivity contribution in [1.82, 2.24) is 0 Å². The molecule has 0 saturated carbocycles. The third-order valence-electron chi connectivity index (χ3n) is 1.97. The van der Waals surface area contributed by atoms with E-state index in [4.69, 9.17) is 10.6 Å². The van der Waals surface area contributed by atoms with Crippen molar-refractivity contribution < 1.29 is 14.4 Å². The molecule has 5 heteroatoms. The topological polar surface area (TPSA) is 49.7 Å². The lowest BCUT2D eigenvalue weighted by atomic mass is 9.85. The van der Waals surface area contributed by atoms with Crippen LogP contribution in [0.2, 0.25) is 0 Å². The van der Waals surface area contributed by atoms with Gasteiger partial charge in [-0.3, -0.25) is 0 Å². The largest absolute Gasteiger partial charge is 0.393 e. The molecule has 1 radical (unpaired) electrons. The molecule has 0 fully saturated rings. The van der Waals surface area contributed by atoms with E-state index in [0.717, 1.165) is 19.0 Å². The van der Waals surface area contributed by atoms with Gasteiger partial charge < -0.3 is 14.4 Å². The fourth-order valence-electron chi connectivity index (χ4n) is 0.924. The van der Waals surface area contributed by atoms with Crippen molar-refractivity contribution >= 4 is 19.0 Å². The average molecular weight is 207 g/mol. The number of rotatable bonds is 7. The van der Waals surface area contributed by atoms with Gasteiger partial charge >= 0.3 is 0 Å². The molecule has 0 amide bonds. The summed E-state index contributed by atoms with van der Waals surface area (Å²) < 4.78 is 11.8. The second-order valence-corrected chi connectivity index (χ2v) is 4.38. The Morgan fingerprint density at radius 1 is 1.62 bits per heavy atom. The number of aliphatic hydroxyl groups excluding tert-OH is 2. The van der Waals surface area contributed by atoms with Crippen LogP contribution < -0.4 is 0 Å². The van der Waals surface area contributed by atoms with Crippen molar-refractivity contribution in [2.24, 2.45) is 5.41 Å². The van der Waals surface area contributed by atoms with Crippen LogP contribution in [0, 0.1) is 5.41 Å². The minimum atomic E-state index is -0.603. The SMILES string of the molecule is [3H][B]SOCC(C)(C)[C@H](O)CC(C)O. The molecule has 0 aromatic heterocycles. The zero-order valence-electron chi connectivity index (χ0n) is 9.36. The average Bonchev–Trinajstić information content (AvgIpc) is 2.03. The Hall–Kier alpha value is 0.295. The van der Waals surface area contributed by atoms with E-state index in [-0.39, 0.29) is 0 Å². The van der Waals surface area contributed by atoms with Crippen LogP contribution in [0.15, 0.2) is 0 Å². The van der Waals surface area contributed by atoms with E-state index in [1.165, 1.54) is 0 Å². The summed E-state index contributed by atoms with van der Waals surface area (Å²) in [5.74, 6) is 0. The zero-order valence-corrected chi connectivity index (χ0v) is 9.17. The van der Waals surface area contributed by atoms with Crippen molar-refractivity contribution in [1.29, 1.82) is 1.34 Å². The highest BCUT2D eigenvalue weighted by Crippen LogP contribution is 2.25. The van der Waals surface area contributed by atoms with Crippen molar-refractivity contribution in [2.75, 3.05) is 6.61 Å². The van der Waals surface area contributed by atoms with Gasteiger partial charge in [-0.1, -0.05) is 25.7 Å². The Labute approximate surface area is 86.7 Å². The molecule has 0 spiro atoms. The molecule has 1 unspecified atom stereocenters. The first kappa shape index (κ1) is 11.4. The van der Waals surface area contributed by atoms with E-state index >= 15 is 0 Å². The highest BCUT2D eigenvalue weighted by Gasteiger charge is 2.29. The van der Waals surface area contributed by atoms with Crippen LogP contribution in [-0.4, -0.2) is 37.5 Å². The molecule has 0 aromatic carbocycles. The van der Waals surface area contributed by atoms with Crippen molar-refractivity contribution in [3.05, 3.63) is 0 Å². The van der Waals surface area contributed by atoms with E-state index < -0.39 is 17.6 Å². The molecule has 0 aliphatic carbocycles. The summed E-state index contributed by atoms with van der Waals surface area (Å²) in [6, 6.07) is 0. The summed E-state index contributed by atoms with van der Waals surface area (Å²) in [7, 11) is 1.09. The molecule has 3 nitrogen and oxygen atoms in total. The molecule has 0 aromatic rings. The van der Waals surface area contributed by atoms with Crippen LogP contribution in [0.4, 0.5) is 0 Å². The van der Waals surface area contributed by atoms with Crippen molar-refractivity contribution in [2.45, 2.75) is 39.4 Å². The van der Waals surface area contributed by atoms with Crippen molar-refractivity contribution in [3.8, 4) is 0 Å². The van der Waals surface area contributed by atoms with E-state index in [1.807, 2.05) is 13.8 Å². The van der Waals surface area contributed by atoms with Crippen LogP contribution in [0.1, 0.15) is 27.2 Å². The summed E-state index contributed by atoms with van der Waals surface area (Å²) in [4.78, 5) is 0. The van der Waals surface area contributed by atoms with E-state index in [1.54, 1.807) is 6.92 Å². The molecule has 77 valence electrons. The predicted molar refractivity (Wildman–Crippen MR) is 56.8 cm³/mol. The summed E-state index contributed by atoms with van der Waals surface area (Å²) in [6.45, 7) is 5.72. The van der Waals surface area contributed by atoms with Crippen LogP contribution in [0.25, 0.3) is 0 Å². The molecule has 0 aliphatic rings. The quantitative estimate of drug-likeness (QED) is 0.365. The number of hydrogen-bond acceptors (Lipinski definition) is 4. The lowest BCUT2D eigenvalue weighted by Crippen LogP contribution is -2.35. The Morgan fingerprint density at radius 2 is 2.23 bits per heavy atom. The van der Waals surface area contributed by atoms with Gasteiger partial charge in [0.2, 0.25) is 7.09 Å². The molecule has 0 heterocycles. The summed E-state index contributed by atoms with van der Waals surface area (Å²) in [5.41, 5.74) is -0.410. The molecule has 2 N–H and O–H groups in total. The van der Waals surface area contributed by atoms with Gasteiger partial charge in [0, 0.05) is 5.41 Å². The molecule has 2 atom stereocenters. The van der Waals surface area contributed by atoms with Gasteiger partial charge in [-0.25, -0.2) is 0 Å². The third kappa shape index (κ3) is 5.57. The highest BCUT2D eigenvalue weighted by molar-refractivity contribution is 8.15. The Balaban J connectivity index is 3.89. The first-order chi connectivity index (χ1) is 6.40. The lowest BCUT2D eigenvalue weighted by Gasteiger charge is -2.30. The molecular formula is C8H18BO3S. The molecular weight excluding hydrogens is 187 g/mol. The van der Waals surface area contributed by atoms with Gasteiger partial charge in [-0.05, 0) is 14.7 Å². The molecule has 0 bridgehead atoms. The second-order valence-electron chi connectivity index (χ2n) is 3.95. The fourth-order valence-corrected chi connectivity index (χ4v) is 1.30. The van der Waals surface area contributed by atoms with E-state index in [2.05, 4.69) is 0 Å². The van der Waals surface area contributed by atoms with Gasteiger partial charge in [0.1, 0.15) is 0 Å².